The van der Waals surface area contributed by atoms with Gasteiger partial charge in [-0.05, 0) is 56.3 Å². The van der Waals surface area contributed by atoms with Gasteiger partial charge in [0.15, 0.2) is 0 Å². The Morgan fingerprint density at radius 2 is 1.84 bits per heavy atom. The summed E-state index contributed by atoms with van der Waals surface area (Å²) in [6.45, 7) is 9.22. The van der Waals surface area contributed by atoms with Gasteiger partial charge < -0.3 is 20.4 Å². The lowest BCUT2D eigenvalue weighted by Gasteiger charge is -2.30. The first-order valence-electron chi connectivity index (χ1n) is 9.75. The number of amides is 2. The zero-order chi connectivity index (χ0) is 17.5. The van der Waals surface area contributed by atoms with Crippen LogP contribution in [0.4, 0.5) is 10.5 Å². The Balaban J connectivity index is 1.28. The molecule has 0 radical (unpaired) electrons. The molecule has 2 amide bonds. The van der Waals surface area contributed by atoms with Crippen LogP contribution in [0.25, 0.3) is 0 Å². The van der Waals surface area contributed by atoms with Gasteiger partial charge in [-0.3, -0.25) is 0 Å². The molecular formula is C20H32N4O. The Morgan fingerprint density at radius 1 is 1.08 bits per heavy atom. The van der Waals surface area contributed by atoms with Gasteiger partial charge >= 0.3 is 6.03 Å². The Labute approximate surface area is 151 Å². The zero-order valence-electron chi connectivity index (χ0n) is 15.4. The van der Waals surface area contributed by atoms with Gasteiger partial charge in [0, 0.05) is 38.4 Å². The highest BCUT2D eigenvalue weighted by Gasteiger charge is 2.23. The fourth-order valence-corrected chi connectivity index (χ4v) is 3.79. The first-order chi connectivity index (χ1) is 12.2. The molecule has 3 rings (SSSR count). The number of nitrogens with one attached hydrogen (secondary N) is 2. The van der Waals surface area contributed by atoms with Gasteiger partial charge in [0.2, 0.25) is 0 Å². The maximum atomic E-state index is 12.0. The molecule has 25 heavy (non-hydrogen) atoms. The Bertz CT molecular complexity index is 528. The standard InChI is InChI=1S/C20H32N4O/c1-17-7-11-23(12-8-17)14-10-21-20(25)22-15-18-9-13-24(16-18)19-5-3-2-4-6-19/h2-6,17-18H,7-16H2,1H3,(H2,21,22,25)/t18-/m0/s1. The Hall–Kier alpha value is -1.75. The fourth-order valence-electron chi connectivity index (χ4n) is 3.79. The third-order valence-corrected chi connectivity index (χ3v) is 5.55. The number of benzene rings is 1. The molecule has 138 valence electrons. The maximum Gasteiger partial charge on any atom is 0.314 e. The van der Waals surface area contributed by atoms with Crippen molar-refractivity contribution in [2.75, 3.05) is 50.7 Å². The van der Waals surface area contributed by atoms with Crippen LogP contribution in [-0.2, 0) is 0 Å². The molecule has 0 bridgehead atoms. The van der Waals surface area contributed by atoms with Gasteiger partial charge in [0.1, 0.15) is 0 Å². The summed E-state index contributed by atoms with van der Waals surface area (Å²) < 4.78 is 0. The van der Waals surface area contributed by atoms with Gasteiger partial charge in [-0.1, -0.05) is 25.1 Å². The summed E-state index contributed by atoms with van der Waals surface area (Å²) in [5.41, 5.74) is 1.28. The molecular weight excluding hydrogens is 312 g/mol. The van der Waals surface area contributed by atoms with Crippen molar-refractivity contribution in [1.29, 1.82) is 0 Å². The quantitative estimate of drug-likeness (QED) is 0.834. The molecule has 0 unspecified atom stereocenters. The van der Waals surface area contributed by atoms with Gasteiger partial charge in [-0.15, -0.1) is 0 Å². The van der Waals surface area contributed by atoms with E-state index in [0.29, 0.717) is 5.92 Å². The monoisotopic (exact) mass is 344 g/mol. The lowest BCUT2D eigenvalue weighted by Crippen LogP contribution is -2.43. The largest absolute Gasteiger partial charge is 0.371 e. The van der Waals surface area contributed by atoms with E-state index >= 15 is 0 Å². The summed E-state index contributed by atoms with van der Waals surface area (Å²) in [5, 5.41) is 6.05. The minimum atomic E-state index is -0.0245. The Kier molecular flexibility index (Phi) is 6.56. The van der Waals surface area contributed by atoms with Gasteiger partial charge in [-0.25, -0.2) is 4.79 Å². The number of likely N-dealkylation sites (tertiary alicyclic amines) is 1. The molecule has 0 spiro atoms. The third-order valence-electron chi connectivity index (χ3n) is 5.55. The average molecular weight is 345 g/mol. The fraction of sp³-hybridized carbons (Fsp3) is 0.650. The molecule has 5 heteroatoms. The van der Waals surface area contributed by atoms with E-state index < -0.39 is 0 Å². The van der Waals surface area contributed by atoms with Crippen LogP contribution in [0.3, 0.4) is 0 Å². The molecule has 2 fully saturated rings. The lowest BCUT2D eigenvalue weighted by molar-refractivity contribution is 0.191. The molecule has 1 aromatic carbocycles. The lowest BCUT2D eigenvalue weighted by atomic mass is 9.99. The van der Waals surface area contributed by atoms with Crippen molar-refractivity contribution in [3.8, 4) is 0 Å². The van der Waals surface area contributed by atoms with E-state index in [-0.39, 0.29) is 6.03 Å². The van der Waals surface area contributed by atoms with Crippen molar-refractivity contribution < 1.29 is 4.79 Å². The first kappa shape index (κ1) is 18.1. The van der Waals surface area contributed by atoms with Gasteiger partial charge in [-0.2, -0.15) is 0 Å². The summed E-state index contributed by atoms with van der Waals surface area (Å²) in [4.78, 5) is 16.8. The van der Waals surface area contributed by atoms with Crippen LogP contribution in [0.1, 0.15) is 26.2 Å². The number of hydrogen-bond acceptors (Lipinski definition) is 3. The van der Waals surface area contributed by atoms with E-state index in [9.17, 15) is 4.79 Å². The number of anilines is 1. The molecule has 1 aromatic rings. The number of piperidine rings is 1. The highest BCUT2D eigenvalue weighted by molar-refractivity contribution is 5.73. The molecule has 2 saturated heterocycles. The highest BCUT2D eigenvalue weighted by Crippen LogP contribution is 2.22. The van der Waals surface area contributed by atoms with Crippen molar-refractivity contribution in [3.05, 3.63) is 30.3 Å². The van der Waals surface area contributed by atoms with Crippen molar-refractivity contribution in [2.24, 2.45) is 11.8 Å². The second kappa shape index (κ2) is 9.09. The number of rotatable bonds is 6. The smallest absolute Gasteiger partial charge is 0.314 e. The zero-order valence-corrected chi connectivity index (χ0v) is 15.4. The number of hydrogen-bond donors (Lipinski definition) is 2. The maximum absolute atomic E-state index is 12.0. The first-order valence-corrected chi connectivity index (χ1v) is 9.75. The van der Waals surface area contributed by atoms with E-state index in [4.69, 9.17) is 0 Å². The normalized spacial score (nSPS) is 22.1. The van der Waals surface area contributed by atoms with Crippen LogP contribution in [0.5, 0.6) is 0 Å². The molecule has 2 heterocycles. The van der Waals surface area contributed by atoms with E-state index in [1.165, 1.54) is 31.6 Å². The molecule has 5 nitrogen and oxygen atoms in total. The molecule has 2 aliphatic heterocycles. The number of carbonyl (C=O) groups is 1. The predicted octanol–water partition coefficient (Wildman–Crippen LogP) is 2.54. The minimum Gasteiger partial charge on any atom is -0.371 e. The average Bonchev–Trinajstić information content (AvgIpc) is 3.11. The molecule has 1 atom stereocenters. The van der Waals surface area contributed by atoms with Crippen LogP contribution in [0, 0.1) is 11.8 Å². The van der Waals surface area contributed by atoms with Gasteiger partial charge in [0.25, 0.3) is 0 Å². The molecule has 2 N–H and O–H groups in total. The molecule has 0 saturated carbocycles. The SMILES string of the molecule is CC1CCN(CCNC(=O)NC[C@@H]2CCN(c3ccccc3)C2)CC1. The summed E-state index contributed by atoms with van der Waals surface area (Å²) in [6.07, 6.45) is 3.71. The number of para-hydroxylation sites is 1. The van der Waals surface area contributed by atoms with Crippen molar-refractivity contribution >= 4 is 11.7 Å². The molecule has 0 aromatic heterocycles. The topological polar surface area (TPSA) is 47.6 Å². The van der Waals surface area contributed by atoms with E-state index in [0.717, 1.165) is 45.1 Å². The third kappa shape index (κ3) is 5.63. The summed E-state index contributed by atoms with van der Waals surface area (Å²) >= 11 is 0. The van der Waals surface area contributed by atoms with E-state index in [1.54, 1.807) is 0 Å². The molecule has 2 aliphatic rings. The van der Waals surface area contributed by atoms with Crippen LogP contribution < -0.4 is 15.5 Å². The predicted molar refractivity (Wildman–Crippen MR) is 103 cm³/mol. The van der Waals surface area contributed by atoms with Crippen LogP contribution in [-0.4, -0.2) is 56.7 Å². The summed E-state index contributed by atoms with van der Waals surface area (Å²) in [7, 11) is 0. The summed E-state index contributed by atoms with van der Waals surface area (Å²) in [5.74, 6) is 1.39. The molecule has 0 aliphatic carbocycles. The van der Waals surface area contributed by atoms with Crippen molar-refractivity contribution in [1.82, 2.24) is 15.5 Å². The second-order valence-electron chi connectivity index (χ2n) is 7.60. The number of nitrogens with zero attached hydrogens (tertiary/aromatic N) is 2. The number of urea groups is 1. The van der Waals surface area contributed by atoms with Crippen molar-refractivity contribution in [2.45, 2.75) is 26.2 Å². The minimum absolute atomic E-state index is 0.0245. The highest BCUT2D eigenvalue weighted by atomic mass is 16.2. The second-order valence-corrected chi connectivity index (χ2v) is 7.60. The van der Waals surface area contributed by atoms with Crippen molar-refractivity contribution in [3.63, 3.8) is 0 Å². The van der Waals surface area contributed by atoms with Crippen LogP contribution in [0.15, 0.2) is 30.3 Å². The van der Waals surface area contributed by atoms with Gasteiger partial charge in [0.05, 0.1) is 0 Å². The summed E-state index contributed by atoms with van der Waals surface area (Å²) in [6, 6.07) is 10.5. The van der Waals surface area contributed by atoms with Crippen LogP contribution >= 0.6 is 0 Å². The number of carbonyl (C=O) groups excluding carboxylic acids is 1. The van der Waals surface area contributed by atoms with E-state index in [2.05, 4.69) is 51.6 Å². The van der Waals surface area contributed by atoms with E-state index in [1.807, 2.05) is 6.07 Å². The van der Waals surface area contributed by atoms with Crippen LogP contribution in [0.2, 0.25) is 0 Å². The Morgan fingerprint density at radius 3 is 2.60 bits per heavy atom.